The van der Waals surface area contributed by atoms with E-state index in [0.29, 0.717) is 19.4 Å². The van der Waals surface area contributed by atoms with Gasteiger partial charge in [-0.05, 0) is 24.1 Å². The SMILES string of the molecule is O=C(CCc1ccc(F)cc1)NCc1nccs1. The molecule has 0 radical (unpaired) electrons. The summed E-state index contributed by atoms with van der Waals surface area (Å²) in [5.41, 5.74) is 0.959. The standard InChI is InChI=1S/C13H13FN2OS/c14-11-4-1-10(2-5-11)3-6-12(17)16-9-13-15-7-8-18-13/h1-2,4-5,7-8H,3,6,9H2,(H,16,17). The Kier molecular flexibility index (Phi) is 4.41. The lowest BCUT2D eigenvalue weighted by Gasteiger charge is -2.03. The number of thiazole rings is 1. The molecule has 1 aromatic heterocycles. The molecule has 0 fully saturated rings. The maximum Gasteiger partial charge on any atom is 0.220 e. The molecule has 1 aromatic carbocycles. The van der Waals surface area contributed by atoms with Gasteiger partial charge in [0.05, 0.1) is 6.54 Å². The van der Waals surface area contributed by atoms with Crippen LogP contribution in [-0.2, 0) is 17.8 Å². The van der Waals surface area contributed by atoms with Gasteiger partial charge in [-0.1, -0.05) is 12.1 Å². The van der Waals surface area contributed by atoms with Crippen molar-refractivity contribution in [2.24, 2.45) is 0 Å². The molecule has 2 rings (SSSR count). The number of carbonyl (C=O) groups excluding carboxylic acids is 1. The van der Waals surface area contributed by atoms with Gasteiger partial charge in [0.25, 0.3) is 0 Å². The summed E-state index contributed by atoms with van der Waals surface area (Å²) in [6, 6.07) is 6.21. The lowest BCUT2D eigenvalue weighted by Crippen LogP contribution is -2.22. The molecule has 18 heavy (non-hydrogen) atoms. The Labute approximate surface area is 109 Å². The molecular formula is C13H13FN2OS. The molecule has 0 atom stereocenters. The van der Waals surface area contributed by atoms with Crippen LogP contribution in [0.1, 0.15) is 17.0 Å². The van der Waals surface area contributed by atoms with Crippen molar-refractivity contribution in [2.75, 3.05) is 0 Å². The lowest BCUT2D eigenvalue weighted by atomic mass is 10.1. The second-order valence-electron chi connectivity index (χ2n) is 3.83. The monoisotopic (exact) mass is 264 g/mol. The zero-order chi connectivity index (χ0) is 12.8. The molecule has 0 aliphatic carbocycles. The Morgan fingerprint density at radius 3 is 2.78 bits per heavy atom. The van der Waals surface area contributed by atoms with Gasteiger partial charge in [-0.3, -0.25) is 4.79 Å². The average Bonchev–Trinajstić information content (AvgIpc) is 2.89. The number of aryl methyl sites for hydroxylation is 1. The van der Waals surface area contributed by atoms with Gasteiger partial charge in [-0.2, -0.15) is 0 Å². The quantitative estimate of drug-likeness (QED) is 0.901. The van der Waals surface area contributed by atoms with Crippen LogP contribution in [0.15, 0.2) is 35.8 Å². The predicted molar refractivity (Wildman–Crippen MR) is 68.7 cm³/mol. The van der Waals surface area contributed by atoms with Gasteiger partial charge in [-0.15, -0.1) is 11.3 Å². The summed E-state index contributed by atoms with van der Waals surface area (Å²) in [7, 11) is 0. The van der Waals surface area contributed by atoms with Crippen molar-refractivity contribution in [2.45, 2.75) is 19.4 Å². The summed E-state index contributed by atoms with van der Waals surface area (Å²) >= 11 is 1.51. The van der Waals surface area contributed by atoms with E-state index >= 15 is 0 Å². The van der Waals surface area contributed by atoms with Crippen molar-refractivity contribution in [3.8, 4) is 0 Å². The van der Waals surface area contributed by atoms with Crippen LogP contribution < -0.4 is 5.32 Å². The maximum absolute atomic E-state index is 12.7. The highest BCUT2D eigenvalue weighted by atomic mass is 32.1. The van der Waals surface area contributed by atoms with Crippen molar-refractivity contribution in [3.63, 3.8) is 0 Å². The van der Waals surface area contributed by atoms with Crippen LogP contribution >= 0.6 is 11.3 Å². The van der Waals surface area contributed by atoms with Gasteiger partial charge in [0.2, 0.25) is 5.91 Å². The Morgan fingerprint density at radius 2 is 2.11 bits per heavy atom. The number of hydrogen-bond acceptors (Lipinski definition) is 3. The van der Waals surface area contributed by atoms with Crippen molar-refractivity contribution in [3.05, 3.63) is 52.2 Å². The van der Waals surface area contributed by atoms with Crippen LogP contribution in [0.4, 0.5) is 4.39 Å². The first kappa shape index (κ1) is 12.7. The number of hydrogen-bond donors (Lipinski definition) is 1. The summed E-state index contributed by atoms with van der Waals surface area (Å²) in [5, 5.41) is 5.57. The summed E-state index contributed by atoms with van der Waals surface area (Å²) in [6.45, 7) is 0.472. The van der Waals surface area contributed by atoms with E-state index in [9.17, 15) is 9.18 Å². The van der Waals surface area contributed by atoms with E-state index in [0.717, 1.165) is 10.6 Å². The number of carbonyl (C=O) groups is 1. The van der Waals surface area contributed by atoms with Crippen LogP contribution in [0.2, 0.25) is 0 Å². The third-order valence-electron chi connectivity index (χ3n) is 2.47. The van der Waals surface area contributed by atoms with Crippen molar-refractivity contribution in [1.82, 2.24) is 10.3 Å². The van der Waals surface area contributed by atoms with E-state index in [4.69, 9.17) is 0 Å². The van der Waals surface area contributed by atoms with Crippen LogP contribution in [-0.4, -0.2) is 10.9 Å². The van der Waals surface area contributed by atoms with Crippen LogP contribution in [0.25, 0.3) is 0 Å². The molecule has 0 saturated carbocycles. The van der Waals surface area contributed by atoms with Gasteiger partial charge >= 0.3 is 0 Å². The fraction of sp³-hybridized carbons (Fsp3) is 0.231. The molecule has 1 amide bonds. The van der Waals surface area contributed by atoms with Crippen molar-refractivity contribution >= 4 is 17.2 Å². The minimum Gasteiger partial charge on any atom is -0.350 e. The van der Waals surface area contributed by atoms with Crippen LogP contribution in [0.5, 0.6) is 0 Å². The average molecular weight is 264 g/mol. The van der Waals surface area contributed by atoms with E-state index in [1.807, 2.05) is 5.38 Å². The summed E-state index contributed by atoms with van der Waals surface area (Å²) < 4.78 is 12.7. The number of benzene rings is 1. The molecule has 2 aromatic rings. The smallest absolute Gasteiger partial charge is 0.220 e. The Bertz CT molecular complexity index is 496. The molecule has 1 N–H and O–H groups in total. The second kappa shape index (κ2) is 6.26. The van der Waals surface area contributed by atoms with Gasteiger partial charge in [0.15, 0.2) is 0 Å². The highest BCUT2D eigenvalue weighted by Gasteiger charge is 2.03. The lowest BCUT2D eigenvalue weighted by molar-refractivity contribution is -0.121. The summed E-state index contributed by atoms with van der Waals surface area (Å²) in [6.07, 6.45) is 2.73. The zero-order valence-corrected chi connectivity index (χ0v) is 10.5. The minimum absolute atomic E-state index is 0.0190. The molecule has 94 valence electrons. The highest BCUT2D eigenvalue weighted by molar-refractivity contribution is 7.09. The number of rotatable bonds is 5. The van der Waals surface area contributed by atoms with Crippen molar-refractivity contribution in [1.29, 1.82) is 0 Å². The van der Waals surface area contributed by atoms with E-state index in [2.05, 4.69) is 10.3 Å². The molecule has 0 bridgehead atoms. The molecule has 0 unspecified atom stereocenters. The fourth-order valence-corrected chi connectivity index (χ4v) is 2.07. The number of aromatic nitrogens is 1. The fourth-order valence-electron chi connectivity index (χ4n) is 1.51. The summed E-state index contributed by atoms with van der Waals surface area (Å²) in [5.74, 6) is -0.276. The van der Waals surface area contributed by atoms with Gasteiger partial charge < -0.3 is 5.32 Å². The first-order valence-corrected chi connectivity index (χ1v) is 6.51. The van der Waals surface area contributed by atoms with Gasteiger partial charge in [0.1, 0.15) is 10.8 Å². The summed E-state index contributed by atoms with van der Waals surface area (Å²) in [4.78, 5) is 15.6. The predicted octanol–water partition coefficient (Wildman–Crippen LogP) is 2.53. The molecule has 0 aliphatic heterocycles. The number of nitrogens with one attached hydrogen (secondary N) is 1. The van der Waals surface area contributed by atoms with E-state index < -0.39 is 0 Å². The van der Waals surface area contributed by atoms with Crippen molar-refractivity contribution < 1.29 is 9.18 Å². The topological polar surface area (TPSA) is 42.0 Å². The molecule has 0 aliphatic rings. The number of halogens is 1. The Morgan fingerprint density at radius 1 is 1.33 bits per heavy atom. The van der Waals surface area contributed by atoms with Gasteiger partial charge in [0, 0.05) is 18.0 Å². The Hall–Kier alpha value is -1.75. The zero-order valence-electron chi connectivity index (χ0n) is 9.73. The first-order chi connectivity index (χ1) is 8.74. The third-order valence-corrected chi connectivity index (χ3v) is 3.25. The van der Waals surface area contributed by atoms with E-state index in [1.165, 1.54) is 23.5 Å². The first-order valence-electron chi connectivity index (χ1n) is 5.63. The molecule has 0 saturated heterocycles. The van der Waals surface area contributed by atoms with Gasteiger partial charge in [-0.25, -0.2) is 9.37 Å². The minimum atomic E-state index is -0.257. The maximum atomic E-state index is 12.7. The second-order valence-corrected chi connectivity index (χ2v) is 4.81. The van der Waals surface area contributed by atoms with E-state index in [-0.39, 0.29) is 11.7 Å². The molecule has 3 nitrogen and oxygen atoms in total. The molecule has 1 heterocycles. The highest BCUT2D eigenvalue weighted by Crippen LogP contribution is 2.06. The largest absolute Gasteiger partial charge is 0.350 e. The Balaban J connectivity index is 1.73. The number of amides is 1. The third kappa shape index (κ3) is 3.92. The number of nitrogens with zero attached hydrogens (tertiary/aromatic N) is 1. The van der Waals surface area contributed by atoms with Crippen LogP contribution in [0.3, 0.4) is 0 Å². The van der Waals surface area contributed by atoms with E-state index in [1.54, 1.807) is 18.3 Å². The molecular weight excluding hydrogens is 251 g/mol. The molecule has 0 spiro atoms. The normalized spacial score (nSPS) is 10.3. The van der Waals surface area contributed by atoms with Crippen LogP contribution in [0, 0.1) is 5.82 Å². The molecule has 5 heteroatoms.